The minimum absolute atomic E-state index is 0.314. The molecule has 0 aliphatic rings. The predicted molar refractivity (Wildman–Crippen MR) is 93.4 cm³/mol. The summed E-state index contributed by atoms with van der Waals surface area (Å²) in [7, 11) is 0. The third kappa shape index (κ3) is 6.05. The Morgan fingerprint density at radius 2 is 2.00 bits per heavy atom. The van der Waals surface area contributed by atoms with Crippen LogP contribution < -0.4 is 4.74 Å². The Kier molecular flexibility index (Phi) is 6.58. The first-order valence-corrected chi connectivity index (χ1v) is 8.48. The Balaban J connectivity index is 1.95. The number of benzene rings is 2. The minimum Gasteiger partial charge on any atom is -0.482 e. The third-order valence-corrected chi connectivity index (χ3v) is 4.11. The van der Waals surface area contributed by atoms with Gasteiger partial charge in [-0.1, -0.05) is 17.9 Å². The fourth-order valence-electron chi connectivity index (χ4n) is 2.04. The van der Waals surface area contributed by atoms with Gasteiger partial charge in [0.2, 0.25) is 0 Å². The summed E-state index contributed by atoms with van der Waals surface area (Å²) in [6.45, 7) is 1.39. The Hall–Kier alpha value is -2.59. The van der Waals surface area contributed by atoms with E-state index in [1.54, 1.807) is 19.1 Å². The average molecular weight is 380 g/mol. The quantitative estimate of drug-likeness (QED) is 0.607. The van der Waals surface area contributed by atoms with Gasteiger partial charge >= 0.3 is 12.1 Å². The molecule has 2 rings (SSSR count). The maximum Gasteiger partial charge on any atom is 0.416 e. The summed E-state index contributed by atoms with van der Waals surface area (Å²) in [6.07, 6.45) is -4.38. The van der Waals surface area contributed by atoms with Crippen LogP contribution >= 0.6 is 11.8 Å². The number of carboxylic acids is 1. The predicted octanol–water partition coefficient (Wildman–Crippen LogP) is 4.62. The van der Waals surface area contributed by atoms with E-state index in [9.17, 15) is 18.0 Å². The first-order chi connectivity index (χ1) is 12.3. The molecule has 0 atom stereocenters. The molecule has 0 spiro atoms. The van der Waals surface area contributed by atoms with Gasteiger partial charge in [0.05, 0.1) is 11.3 Å². The number of rotatable bonds is 5. The molecule has 0 aliphatic heterocycles. The van der Waals surface area contributed by atoms with E-state index in [0.29, 0.717) is 17.1 Å². The minimum atomic E-state index is -4.38. The van der Waals surface area contributed by atoms with E-state index in [-0.39, 0.29) is 0 Å². The summed E-state index contributed by atoms with van der Waals surface area (Å²) < 4.78 is 43.1. The first-order valence-electron chi connectivity index (χ1n) is 7.50. The molecule has 3 nitrogen and oxygen atoms in total. The zero-order valence-corrected chi connectivity index (χ0v) is 14.6. The van der Waals surface area contributed by atoms with Crippen LogP contribution in [0.25, 0.3) is 0 Å². The SMILES string of the molecule is Cc1cc(SCC#Cc2cccc(C(F)(F)F)c2)ccc1OCC(=O)O. The van der Waals surface area contributed by atoms with Gasteiger partial charge < -0.3 is 9.84 Å². The van der Waals surface area contributed by atoms with Crippen molar-refractivity contribution in [3.05, 3.63) is 59.2 Å². The van der Waals surface area contributed by atoms with Gasteiger partial charge in [-0.05, 0) is 48.9 Å². The molecule has 0 bridgehead atoms. The number of carboxylic acid groups (broad SMARTS) is 1. The zero-order chi connectivity index (χ0) is 19.2. The van der Waals surface area contributed by atoms with Gasteiger partial charge in [0.25, 0.3) is 0 Å². The van der Waals surface area contributed by atoms with E-state index >= 15 is 0 Å². The third-order valence-electron chi connectivity index (χ3n) is 3.23. The van der Waals surface area contributed by atoms with Crippen molar-refractivity contribution >= 4 is 17.7 Å². The van der Waals surface area contributed by atoms with Gasteiger partial charge in [-0.3, -0.25) is 0 Å². The van der Waals surface area contributed by atoms with Crippen molar-refractivity contribution in [2.75, 3.05) is 12.4 Å². The molecule has 2 aromatic carbocycles. The molecular formula is C19H15F3O3S. The van der Waals surface area contributed by atoms with E-state index in [1.165, 1.54) is 23.9 Å². The molecule has 136 valence electrons. The van der Waals surface area contributed by atoms with E-state index in [1.807, 2.05) is 6.07 Å². The van der Waals surface area contributed by atoms with Crippen molar-refractivity contribution in [3.63, 3.8) is 0 Å². The number of alkyl halides is 3. The fourth-order valence-corrected chi connectivity index (χ4v) is 2.78. The standard InChI is InChI=1S/C19H15F3O3S/c1-13-10-16(7-8-17(13)25-12-18(23)24)26-9-3-5-14-4-2-6-15(11-14)19(20,21)22/h2,4,6-8,10-11H,9,12H2,1H3,(H,23,24). The summed E-state index contributed by atoms with van der Waals surface area (Å²) in [5, 5.41) is 8.61. The molecule has 0 heterocycles. The Labute approximate surface area is 153 Å². The number of aryl methyl sites for hydroxylation is 1. The van der Waals surface area contributed by atoms with Crippen molar-refractivity contribution in [1.29, 1.82) is 0 Å². The lowest BCUT2D eigenvalue weighted by Crippen LogP contribution is -2.09. The summed E-state index contributed by atoms with van der Waals surface area (Å²) in [5.41, 5.74) is 0.389. The monoisotopic (exact) mass is 380 g/mol. The molecular weight excluding hydrogens is 365 g/mol. The highest BCUT2D eigenvalue weighted by atomic mass is 32.2. The highest BCUT2D eigenvalue weighted by Crippen LogP contribution is 2.29. The summed E-state index contributed by atoms with van der Waals surface area (Å²) in [6, 6.07) is 10.2. The molecule has 2 aromatic rings. The number of ether oxygens (including phenoxy) is 1. The van der Waals surface area contributed by atoms with Gasteiger partial charge in [-0.2, -0.15) is 13.2 Å². The van der Waals surface area contributed by atoms with E-state index < -0.39 is 24.3 Å². The van der Waals surface area contributed by atoms with Crippen molar-refractivity contribution in [1.82, 2.24) is 0 Å². The van der Waals surface area contributed by atoms with E-state index in [0.717, 1.165) is 22.6 Å². The molecule has 0 aromatic heterocycles. The molecule has 0 unspecified atom stereocenters. The zero-order valence-electron chi connectivity index (χ0n) is 13.8. The van der Waals surface area contributed by atoms with Crippen molar-refractivity contribution in [2.24, 2.45) is 0 Å². The highest BCUT2D eigenvalue weighted by molar-refractivity contribution is 7.99. The number of hydrogen-bond donors (Lipinski definition) is 1. The molecule has 1 N–H and O–H groups in total. The molecule has 0 amide bonds. The maximum atomic E-state index is 12.7. The molecule has 0 aliphatic carbocycles. The lowest BCUT2D eigenvalue weighted by atomic mass is 10.1. The van der Waals surface area contributed by atoms with Crippen molar-refractivity contribution in [3.8, 4) is 17.6 Å². The number of hydrogen-bond acceptors (Lipinski definition) is 3. The molecule has 0 radical (unpaired) electrons. The molecule has 0 saturated heterocycles. The summed E-state index contributed by atoms with van der Waals surface area (Å²) >= 11 is 1.43. The van der Waals surface area contributed by atoms with Gasteiger partial charge in [-0.15, -0.1) is 11.8 Å². The highest BCUT2D eigenvalue weighted by Gasteiger charge is 2.30. The van der Waals surface area contributed by atoms with E-state index in [4.69, 9.17) is 9.84 Å². The van der Waals surface area contributed by atoms with Crippen LogP contribution in [-0.2, 0) is 11.0 Å². The Morgan fingerprint density at radius 3 is 2.65 bits per heavy atom. The molecule has 0 saturated carbocycles. The Morgan fingerprint density at radius 1 is 1.23 bits per heavy atom. The van der Waals surface area contributed by atoms with Crippen LogP contribution in [0, 0.1) is 18.8 Å². The summed E-state index contributed by atoms with van der Waals surface area (Å²) in [5.74, 6) is 5.42. The van der Waals surface area contributed by atoms with Crippen LogP contribution in [0.1, 0.15) is 16.7 Å². The smallest absolute Gasteiger partial charge is 0.416 e. The lowest BCUT2D eigenvalue weighted by molar-refractivity contribution is -0.139. The largest absolute Gasteiger partial charge is 0.482 e. The second-order valence-electron chi connectivity index (χ2n) is 5.28. The summed E-state index contributed by atoms with van der Waals surface area (Å²) in [4.78, 5) is 11.4. The molecule has 7 heteroatoms. The maximum absolute atomic E-state index is 12.7. The van der Waals surface area contributed by atoms with Crippen molar-refractivity contribution in [2.45, 2.75) is 18.0 Å². The van der Waals surface area contributed by atoms with Crippen LogP contribution in [0.4, 0.5) is 13.2 Å². The van der Waals surface area contributed by atoms with Gasteiger partial charge in [0.1, 0.15) is 5.75 Å². The molecule has 0 fully saturated rings. The van der Waals surface area contributed by atoms with Crippen LogP contribution in [0.5, 0.6) is 5.75 Å². The number of halogens is 3. The fraction of sp³-hybridized carbons (Fsp3) is 0.211. The second kappa shape index (κ2) is 8.68. The normalized spacial score (nSPS) is 10.8. The topological polar surface area (TPSA) is 46.5 Å². The van der Waals surface area contributed by atoms with E-state index in [2.05, 4.69) is 11.8 Å². The molecule has 26 heavy (non-hydrogen) atoms. The van der Waals surface area contributed by atoms with Gasteiger partial charge in [0.15, 0.2) is 6.61 Å². The lowest BCUT2D eigenvalue weighted by Gasteiger charge is -2.08. The first kappa shape index (κ1) is 19.7. The number of thioether (sulfide) groups is 1. The van der Waals surface area contributed by atoms with Crippen LogP contribution in [0.3, 0.4) is 0 Å². The average Bonchev–Trinajstić information content (AvgIpc) is 2.57. The Bertz CT molecular complexity index is 851. The van der Waals surface area contributed by atoms with Gasteiger partial charge in [-0.25, -0.2) is 4.79 Å². The van der Waals surface area contributed by atoms with Crippen LogP contribution in [0.15, 0.2) is 47.4 Å². The van der Waals surface area contributed by atoms with Crippen molar-refractivity contribution < 1.29 is 27.8 Å². The van der Waals surface area contributed by atoms with Gasteiger partial charge in [0, 0.05) is 10.5 Å². The van der Waals surface area contributed by atoms with Crippen LogP contribution in [0.2, 0.25) is 0 Å². The van der Waals surface area contributed by atoms with Crippen LogP contribution in [-0.4, -0.2) is 23.4 Å². The number of aliphatic carboxylic acids is 1. The second-order valence-corrected chi connectivity index (χ2v) is 6.33. The number of carbonyl (C=O) groups is 1.